The molecule has 0 bridgehead atoms. The summed E-state index contributed by atoms with van der Waals surface area (Å²) in [7, 11) is -3.87. The van der Waals surface area contributed by atoms with Gasteiger partial charge >= 0.3 is 5.97 Å². The quantitative estimate of drug-likeness (QED) is 0.584. The Morgan fingerprint density at radius 3 is 2.74 bits per heavy atom. The molecule has 1 aromatic rings. The molecule has 3 N–H and O–H groups in total. The smallest absolute Gasteiger partial charge is 0.347 e. The van der Waals surface area contributed by atoms with Crippen molar-refractivity contribution in [2.24, 2.45) is 0 Å². The van der Waals surface area contributed by atoms with Crippen molar-refractivity contribution in [3.05, 3.63) is 15.8 Å². The summed E-state index contributed by atoms with van der Waals surface area (Å²) in [4.78, 5) is 10.6. The topological polar surface area (TPSA) is 113 Å². The van der Waals surface area contributed by atoms with Crippen molar-refractivity contribution in [3.8, 4) is 0 Å². The standard InChI is InChI=1S/C10H15NO6S2/c1-7-6-18-8(10(13)14)9(7)19(15,16)11-2-4-17-5-3-12/h6,11-12H,2-5H2,1H3,(H,13,14). The van der Waals surface area contributed by atoms with Crippen LogP contribution in [-0.2, 0) is 14.8 Å². The summed E-state index contributed by atoms with van der Waals surface area (Å²) in [6.07, 6.45) is 0. The molecule has 0 radical (unpaired) electrons. The van der Waals surface area contributed by atoms with Crippen LogP contribution in [0.5, 0.6) is 0 Å². The lowest BCUT2D eigenvalue weighted by Crippen LogP contribution is -2.29. The van der Waals surface area contributed by atoms with Crippen molar-refractivity contribution in [2.75, 3.05) is 26.4 Å². The number of nitrogens with one attached hydrogen (secondary N) is 1. The van der Waals surface area contributed by atoms with Gasteiger partial charge in [0.2, 0.25) is 10.0 Å². The Hall–Kier alpha value is -1.00. The maximum Gasteiger partial charge on any atom is 0.347 e. The van der Waals surface area contributed by atoms with E-state index in [1.807, 2.05) is 0 Å². The molecule has 0 fully saturated rings. The van der Waals surface area contributed by atoms with E-state index in [2.05, 4.69) is 4.72 Å². The number of aromatic carboxylic acids is 1. The molecule has 0 saturated carbocycles. The molecule has 0 aliphatic carbocycles. The molecule has 1 aromatic heterocycles. The van der Waals surface area contributed by atoms with Crippen LogP contribution in [0.3, 0.4) is 0 Å². The lowest BCUT2D eigenvalue weighted by Gasteiger charge is -2.07. The Balaban J connectivity index is 2.77. The van der Waals surface area contributed by atoms with E-state index in [-0.39, 0.29) is 36.1 Å². The van der Waals surface area contributed by atoms with Gasteiger partial charge in [0.15, 0.2) is 0 Å². The molecule has 0 aliphatic heterocycles. The van der Waals surface area contributed by atoms with Gasteiger partial charge < -0.3 is 14.9 Å². The predicted octanol–water partition coefficient (Wildman–Crippen LogP) is 0.0419. The van der Waals surface area contributed by atoms with E-state index in [9.17, 15) is 13.2 Å². The molecule has 1 rings (SSSR count). The van der Waals surface area contributed by atoms with Crippen LogP contribution in [0.1, 0.15) is 15.2 Å². The maximum absolute atomic E-state index is 12.0. The number of hydrogen-bond donors (Lipinski definition) is 3. The van der Waals surface area contributed by atoms with Crippen molar-refractivity contribution in [2.45, 2.75) is 11.8 Å². The fourth-order valence-corrected chi connectivity index (χ4v) is 4.04. The van der Waals surface area contributed by atoms with Gasteiger partial charge in [0.25, 0.3) is 0 Å². The Morgan fingerprint density at radius 2 is 2.16 bits per heavy atom. The average molecular weight is 309 g/mol. The Kier molecular flexibility index (Phi) is 5.88. The molecule has 0 amide bonds. The highest BCUT2D eigenvalue weighted by atomic mass is 32.2. The van der Waals surface area contributed by atoms with Gasteiger partial charge in [-0.25, -0.2) is 17.9 Å². The minimum absolute atomic E-state index is 0.0106. The predicted molar refractivity (Wildman–Crippen MR) is 69.1 cm³/mol. The van der Waals surface area contributed by atoms with Crippen molar-refractivity contribution in [1.29, 1.82) is 0 Å². The lowest BCUT2D eigenvalue weighted by molar-refractivity contribution is 0.0698. The van der Waals surface area contributed by atoms with Crippen molar-refractivity contribution < 1.29 is 28.2 Å². The van der Waals surface area contributed by atoms with Gasteiger partial charge in [0, 0.05) is 6.54 Å². The van der Waals surface area contributed by atoms with Gasteiger partial charge in [-0.2, -0.15) is 0 Å². The zero-order valence-electron chi connectivity index (χ0n) is 10.2. The summed E-state index contributed by atoms with van der Waals surface area (Å²) >= 11 is 0.875. The van der Waals surface area contributed by atoms with E-state index >= 15 is 0 Å². The molecule has 0 atom stereocenters. The van der Waals surface area contributed by atoms with Gasteiger partial charge in [0.05, 0.1) is 19.8 Å². The van der Waals surface area contributed by atoms with Gasteiger partial charge in [-0.1, -0.05) is 0 Å². The monoisotopic (exact) mass is 309 g/mol. The van der Waals surface area contributed by atoms with Gasteiger partial charge in [0.1, 0.15) is 9.77 Å². The summed E-state index contributed by atoms with van der Waals surface area (Å²) in [5.74, 6) is -1.27. The van der Waals surface area contributed by atoms with Crippen molar-refractivity contribution in [3.63, 3.8) is 0 Å². The van der Waals surface area contributed by atoms with Crippen LogP contribution in [0.2, 0.25) is 0 Å². The molecule has 0 saturated heterocycles. The van der Waals surface area contributed by atoms with Crippen molar-refractivity contribution >= 4 is 27.3 Å². The molecule has 0 aliphatic rings. The van der Waals surface area contributed by atoms with E-state index in [0.717, 1.165) is 11.3 Å². The molecule has 9 heteroatoms. The number of rotatable bonds is 8. The number of ether oxygens (including phenoxy) is 1. The van der Waals surface area contributed by atoms with Gasteiger partial charge in [-0.05, 0) is 17.9 Å². The largest absolute Gasteiger partial charge is 0.477 e. The Labute approximate surface area is 114 Å². The first-order valence-electron chi connectivity index (χ1n) is 5.39. The molecule has 0 unspecified atom stereocenters. The highest BCUT2D eigenvalue weighted by molar-refractivity contribution is 7.89. The van der Waals surface area contributed by atoms with Crippen molar-refractivity contribution in [1.82, 2.24) is 4.72 Å². The minimum atomic E-state index is -3.87. The van der Waals surface area contributed by atoms with Crippen LogP contribution in [0.15, 0.2) is 10.3 Å². The van der Waals surface area contributed by atoms with Crippen LogP contribution in [-0.4, -0.2) is 51.0 Å². The summed E-state index contributed by atoms with van der Waals surface area (Å²) < 4.78 is 31.2. The molecule has 7 nitrogen and oxygen atoms in total. The van der Waals surface area contributed by atoms with Crippen LogP contribution in [0.25, 0.3) is 0 Å². The molecular formula is C10H15NO6S2. The molecule has 0 aromatic carbocycles. The van der Waals surface area contributed by atoms with Crippen LogP contribution in [0.4, 0.5) is 0 Å². The first-order valence-corrected chi connectivity index (χ1v) is 7.76. The highest BCUT2D eigenvalue weighted by Crippen LogP contribution is 2.26. The summed E-state index contributed by atoms with van der Waals surface area (Å²) in [6, 6.07) is 0. The number of carboxylic acid groups (broad SMARTS) is 1. The molecular weight excluding hydrogens is 294 g/mol. The first-order chi connectivity index (χ1) is 8.90. The average Bonchev–Trinajstić information content (AvgIpc) is 2.71. The Bertz CT molecular complexity index is 536. The molecule has 19 heavy (non-hydrogen) atoms. The maximum atomic E-state index is 12.0. The minimum Gasteiger partial charge on any atom is -0.477 e. The second-order valence-electron chi connectivity index (χ2n) is 3.62. The van der Waals surface area contributed by atoms with E-state index in [0.29, 0.717) is 5.56 Å². The van der Waals surface area contributed by atoms with E-state index in [1.165, 1.54) is 5.38 Å². The summed E-state index contributed by atoms with van der Waals surface area (Å²) in [5, 5.41) is 18.9. The van der Waals surface area contributed by atoms with E-state index in [4.69, 9.17) is 14.9 Å². The third-order valence-corrected chi connectivity index (χ3v) is 5.02. The second-order valence-corrected chi connectivity index (χ2v) is 6.20. The zero-order valence-corrected chi connectivity index (χ0v) is 11.9. The number of aliphatic hydroxyl groups is 1. The second kappa shape index (κ2) is 6.96. The highest BCUT2D eigenvalue weighted by Gasteiger charge is 2.26. The van der Waals surface area contributed by atoms with Gasteiger partial charge in [-0.15, -0.1) is 11.3 Å². The van der Waals surface area contributed by atoms with Crippen LogP contribution in [0, 0.1) is 6.92 Å². The molecule has 0 spiro atoms. The molecule has 1 heterocycles. The number of carboxylic acids is 1. The van der Waals surface area contributed by atoms with Gasteiger partial charge in [-0.3, -0.25) is 0 Å². The summed E-state index contributed by atoms with van der Waals surface area (Å²) in [5.41, 5.74) is 0.395. The fraction of sp³-hybridized carbons (Fsp3) is 0.500. The zero-order chi connectivity index (χ0) is 14.5. The number of thiophene rings is 1. The SMILES string of the molecule is Cc1csc(C(=O)O)c1S(=O)(=O)NCCOCCO. The third-order valence-electron chi connectivity index (χ3n) is 2.16. The summed E-state index contributed by atoms with van der Waals surface area (Å²) in [6.45, 7) is 1.64. The number of aryl methyl sites for hydroxylation is 1. The third kappa shape index (κ3) is 4.25. The first kappa shape index (κ1) is 16.1. The number of aliphatic hydroxyl groups excluding tert-OH is 1. The van der Waals surface area contributed by atoms with E-state index in [1.54, 1.807) is 6.92 Å². The number of sulfonamides is 1. The normalized spacial score (nSPS) is 11.7. The lowest BCUT2D eigenvalue weighted by atomic mass is 10.3. The Morgan fingerprint density at radius 1 is 1.47 bits per heavy atom. The number of carbonyl (C=O) groups is 1. The van der Waals surface area contributed by atoms with Crippen LogP contribution >= 0.6 is 11.3 Å². The van der Waals surface area contributed by atoms with Crippen LogP contribution < -0.4 is 4.72 Å². The van der Waals surface area contributed by atoms with E-state index < -0.39 is 16.0 Å². The fourth-order valence-electron chi connectivity index (χ4n) is 1.40. The molecule has 108 valence electrons. The number of hydrogen-bond acceptors (Lipinski definition) is 6.